The molecule has 0 radical (unpaired) electrons. The summed E-state index contributed by atoms with van der Waals surface area (Å²) < 4.78 is 38.2. The summed E-state index contributed by atoms with van der Waals surface area (Å²) in [6, 6.07) is 10.4. The number of anilines is 1. The van der Waals surface area contributed by atoms with Gasteiger partial charge >= 0.3 is 6.18 Å². The summed E-state index contributed by atoms with van der Waals surface area (Å²) in [6.07, 6.45) is -2.70. The molecule has 8 heteroatoms. The molecule has 2 aromatic rings. The molecule has 1 aromatic heterocycles. The molecule has 162 valence electrons. The fraction of sp³-hybridized carbons (Fsp3) is 0.455. The second kappa shape index (κ2) is 9.47. The average Bonchev–Trinajstić information content (AvgIpc) is 2.93. The monoisotopic (exact) mass is 420 g/mol. The van der Waals surface area contributed by atoms with Gasteiger partial charge in [0.2, 0.25) is 5.91 Å². The van der Waals surface area contributed by atoms with E-state index in [1.165, 1.54) is 6.07 Å². The highest BCUT2D eigenvalue weighted by Crippen LogP contribution is 2.29. The molecule has 1 aliphatic heterocycles. The smallest absolute Gasteiger partial charge is 0.355 e. The van der Waals surface area contributed by atoms with Crippen molar-refractivity contribution >= 4 is 11.7 Å². The van der Waals surface area contributed by atoms with Crippen molar-refractivity contribution in [3.05, 3.63) is 59.3 Å². The fourth-order valence-electron chi connectivity index (χ4n) is 3.74. The molecule has 1 amide bonds. The summed E-state index contributed by atoms with van der Waals surface area (Å²) in [5.74, 6) is 0.495. The molecule has 1 aliphatic rings. The molecule has 1 aromatic carbocycles. The van der Waals surface area contributed by atoms with Crippen molar-refractivity contribution in [2.45, 2.75) is 32.5 Å². The lowest BCUT2D eigenvalue weighted by molar-refractivity contribution is -0.137. The molecule has 30 heavy (non-hydrogen) atoms. The van der Waals surface area contributed by atoms with E-state index >= 15 is 0 Å². The van der Waals surface area contributed by atoms with Crippen molar-refractivity contribution in [2.75, 3.05) is 37.6 Å². The number of alkyl halides is 3. The Balaban J connectivity index is 1.52. The third-order valence-corrected chi connectivity index (χ3v) is 5.39. The second-order valence-corrected chi connectivity index (χ2v) is 7.67. The lowest BCUT2D eigenvalue weighted by Gasteiger charge is -2.23. The van der Waals surface area contributed by atoms with E-state index in [1.54, 1.807) is 0 Å². The van der Waals surface area contributed by atoms with Gasteiger partial charge in [-0.3, -0.25) is 9.69 Å². The zero-order valence-corrected chi connectivity index (χ0v) is 17.2. The summed E-state index contributed by atoms with van der Waals surface area (Å²) in [7, 11) is 0. The highest BCUT2D eigenvalue weighted by atomic mass is 19.4. The first-order valence-electron chi connectivity index (χ1n) is 10.1. The van der Waals surface area contributed by atoms with Crippen molar-refractivity contribution in [1.82, 2.24) is 15.2 Å². The van der Waals surface area contributed by atoms with Crippen LogP contribution >= 0.6 is 0 Å². The number of amides is 1. The van der Waals surface area contributed by atoms with Crippen LogP contribution in [0.2, 0.25) is 0 Å². The van der Waals surface area contributed by atoms with Gasteiger partial charge in [-0.15, -0.1) is 0 Å². The van der Waals surface area contributed by atoms with E-state index in [0.717, 1.165) is 36.4 Å². The summed E-state index contributed by atoms with van der Waals surface area (Å²) in [5.41, 5.74) is 1.49. The number of nitrogens with zero attached hydrogens (tertiary/aromatic N) is 3. The van der Waals surface area contributed by atoms with E-state index in [1.807, 2.05) is 43.0 Å². The Morgan fingerprint density at radius 2 is 1.90 bits per heavy atom. The van der Waals surface area contributed by atoms with Gasteiger partial charge in [-0.25, -0.2) is 4.98 Å². The fourth-order valence-corrected chi connectivity index (χ4v) is 3.74. The quantitative estimate of drug-likeness (QED) is 0.800. The van der Waals surface area contributed by atoms with Gasteiger partial charge in [0.15, 0.2) is 0 Å². The molecule has 1 fully saturated rings. The summed E-state index contributed by atoms with van der Waals surface area (Å²) >= 11 is 0. The van der Waals surface area contributed by atoms with E-state index < -0.39 is 11.7 Å². The summed E-state index contributed by atoms with van der Waals surface area (Å²) in [6.45, 7) is 7.00. The minimum Gasteiger partial charge on any atom is -0.355 e. The van der Waals surface area contributed by atoms with Crippen LogP contribution in [-0.2, 0) is 11.0 Å². The molecule has 3 rings (SSSR count). The standard InChI is InChI=1S/C22H27F3N4O/c1-16-6-3-4-7-19(16)17(2)27-21(30)15-28-10-5-11-29(13-12-28)20-9-8-18(14-26-20)22(23,24)25/h3-4,6-9,14,17H,5,10-13,15H2,1-2H3,(H,27,30)/t17-/m0/s1. The number of aromatic nitrogens is 1. The normalized spacial score (nSPS) is 16.8. The molecule has 1 N–H and O–H groups in total. The van der Waals surface area contributed by atoms with Crippen molar-refractivity contribution in [3.8, 4) is 0 Å². The molecule has 2 heterocycles. The van der Waals surface area contributed by atoms with Crippen LogP contribution in [0.25, 0.3) is 0 Å². The van der Waals surface area contributed by atoms with Crippen LogP contribution in [0.5, 0.6) is 0 Å². The maximum atomic E-state index is 12.7. The van der Waals surface area contributed by atoms with Crippen LogP contribution in [-0.4, -0.2) is 48.5 Å². The molecular weight excluding hydrogens is 393 g/mol. The van der Waals surface area contributed by atoms with Crippen LogP contribution in [0.1, 0.15) is 36.1 Å². The van der Waals surface area contributed by atoms with Gasteiger partial charge in [-0.05, 0) is 43.5 Å². The average molecular weight is 420 g/mol. The predicted octanol–water partition coefficient (Wildman–Crippen LogP) is 3.80. The zero-order valence-electron chi connectivity index (χ0n) is 17.2. The molecule has 0 unspecified atom stereocenters. The van der Waals surface area contributed by atoms with Crippen LogP contribution in [0.4, 0.5) is 19.0 Å². The largest absolute Gasteiger partial charge is 0.417 e. The Bertz CT molecular complexity index is 854. The number of carbonyl (C=O) groups excluding carboxylic acids is 1. The molecule has 1 saturated heterocycles. The van der Waals surface area contributed by atoms with E-state index in [4.69, 9.17) is 0 Å². The Labute approximate surface area is 174 Å². The number of nitrogens with one attached hydrogen (secondary N) is 1. The number of halogens is 3. The first-order chi connectivity index (χ1) is 14.2. The van der Waals surface area contributed by atoms with Gasteiger partial charge in [-0.2, -0.15) is 13.2 Å². The minimum absolute atomic E-state index is 0.0353. The van der Waals surface area contributed by atoms with Crippen molar-refractivity contribution in [3.63, 3.8) is 0 Å². The summed E-state index contributed by atoms with van der Waals surface area (Å²) in [5, 5.41) is 3.05. The molecule has 0 saturated carbocycles. The molecule has 0 aliphatic carbocycles. The summed E-state index contributed by atoms with van der Waals surface area (Å²) in [4.78, 5) is 20.5. The Hall–Kier alpha value is -2.61. The number of hydrogen-bond donors (Lipinski definition) is 1. The van der Waals surface area contributed by atoms with Gasteiger partial charge in [0, 0.05) is 32.4 Å². The van der Waals surface area contributed by atoms with Crippen LogP contribution in [0, 0.1) is 6.92 Å². The van der Waals surface area contributed by atoms with Crippen molar-refractivity contribution < 1.29 is 18.0 Å². The first kappa shape index (κ1) is 22.1. The number of benzene rings is 1. The van der Waals surface area contributed by atoms with E-state index in [2.05, 4.69) is 15.2 Å². The minimum atomic E-state index is -4.39. The number of carbonyl (C=O) groups is 1. The Morgan fingerprint density at radius 1 is 1.13 bits per heavy atom. The van der Waals surface area contributed by atoms with Crippen LogP contribution in [0.3, 0.4) is 0 Å². The van der Waals surface area contributed by atoms with E-state index in [0.29, 0.717) is 32.0 Å². The SMILES string of the molecule is Cc1ccccc1[C@H](C)NC(=O)CN1CCCN(c2ccc(C(F)(F)F)cn2)CC1. The highest BCUT2D eigenvalue weighted by Gasteiger charge is 2.31. The first-order valence-corrected chi connectivity index (χ1v) is 10.1. The number of hydrogen-bond acceptors (Lipinski definition) is 4. The number of aryl methyl sites for hydroxylation is 1. The molecule has 0 bridgehead atoms. The second-order valence-electron chi connectivity index (χ2n) is 7.67. The van der Waals surface area contributed by atoms with Gasteiger partial charge in [0.1, 0.15) is 5.82 Å². The van der Waals surface area contributed by atoms with E-state index in [9.17, 15) is 18.0 Å². The lowest BCUT2D eigenvalue weighted by atomic mass is 10.0. The number of pyridine rings is 1. The number of rotatable bonds is 5. The predicted molar refractivity (Wildman–Crippen MR) is 110 cm³/mol. The van der Waals surface area contributed by atoms with Crippen molar-refractivity contribution in [1.29, 1.82) is 0 Å². The lowest BCUT2D eigenvalue weighted by Crippen LogP contribution is -2.40. The molecule has 0 spiro atoms. The van der Waals surface area contributed by atoms with Gasteiger partial charge in [-0.1, -0.05) is 24.3 Å². The Kier molecular flexibility index (Phi) is 6.97. The third-order valence-electron chi connectivity index (χ3n) is 5.39. The topological polar surface area (TPSA) is 48.5 Å². The molecule has 5 nitrogen and oxygen atoms in total. The van der Waals surface area contributed by atoms with Gasteiger partial charge in [0.25, 0.3) is 0 Å². The maximum absolute atomic E-state index is 12.7. The van der Waals surface area contributed by atoms with Gasteiger partial charge in [0.05, 0.1) is 18.2 Å². The molecule has 1 atom stereocenters. The zero-order chi connectivity index (χ0) is 21.7. The van der Waals surface area contributed by atoms with Gasteiger partial charge < -0.3 is 10.2 Å². The maximum Gasteiger partial charge on any atom is 0.417 e. The van der Waals surface area contributed by atoms with E-state index in [-0.39, 0.29) is 11.9 Å². The Morgan fingerprint density at radius 3 is 2.57 bits per heavy atom. The molecular formula is C22H27F3N4O. The van der Waals surface area contributed by atoms with Crippen LogP contribution < -0.4 is 10.2 Å². The highest BCUT2D eigenvalue weighted by molar-refractivity contribution is 5.78. The third kappa shape index (κ3) is 5.72. The van der Waals surface area contributed by atoms with Crippen LogP contribution in [0.15, 0.2) is 42.6 Å². The van der Waals surface area contributed by atoms with Crippen molar-refractivity contribution in [2.24, 2.45) is 0 Å².